The molecule has 0 radical (unpaired) electrons. The van der Waals surface area contributed by atoms with Crippen LogP contribution in [0.5, 0.6) is 0 Å². The third-order valence-corrected chi connectivity index (χ3v) is 3.90. The van der Waals surface area contributed by atoms with Gasteiger partial charge in [0.05, 0.1) is 0 Å². The monoisotopic (exact) mass is 311 g/mol. The lowest BCUT2D eigenvalue weighted by molar-refractivity contribution is -0.127. The van der Waals surface area contributed by atoms with E-state index in [4.69, 9.17) is 0 Å². The first kappa shape index (κ1) is 18.9. The molecule has 128 valence electrons. The largest absolute Gasteiger partial charge is 0.353 e. The van der Waals surface area contributed by atoms with Crippen molar-refractivity contribution in [3.8, 4) is 0 Å². The minimum atomic E-state index is -0.243. The van der Waals surface area contributed by atoms with Crippen molar-refractivity contribution in [2.45, 2.75) is 84.3 Å². The van der Waals surface area contributed by atoms with Crippen LogP contribution in [-0.2, 0) is 9.59 Å². The summed E-state index contributed by atoms with van der Waals surface area (Å²) in [5, 5.41) is 5.94. The maximum atomic E-state index is 12.0. The lowest BCUT2D eigenvalue weighted by Gasteiger charge is -2.41. The topological polar surface area (TPSA) is 61.4 Å². The highest BCUT2D eigenvalue weighted by molar-refractivity contribution is 5.84. The van der Waals surface area contributed by atoms with Crippen LogP contribution in [0.25, 0.3) is 0 Å². The average molecular weight is 311 g/mol. The second-order valence-electron chi connectivity index (χ2n) is 8.30. The maximum Gasteiger partial charge on any atom is 0.220 e. The van der Waals surface area contributed by atoms with Gasteiger partial charge in [-0.05, 0) is 54.4 Å². The molecule has 1 rings (SSSR count). The fourth-order valence-electron chi connectivity index (χ4n) is 2.70. The number of carbonyl (C=O) groups excluding carboxylic acids is 2. The highest BCUT2D eigenvalue weighted by Gasteiger charge is 2.27. The van der Waals surface area contributed by atoms with Gasteiger partial charge in [-0.3, -0.25) is 14.5 Å². The number of nitrogens with zero attached hydrogens (tertiary/aromatic N) is 1. The van der Waals surface area contributed by atoms with Crippen LogP contribution < -0.4 is 10.6 Å². The summed E-state index contributed by atoms with van der Waals surface area (Å²) in [5.74, 6) is -0.0801. The molecule has 0 spiro atoms. The molecule has 1 saturated heterocycles. The number of amides is 2. The van der Waals surface area contributed by atoms with E-state index in [1.54, 1.807) is 0 Å². The van der Waals surface area contributed by atoms with E-state index in [1.165, 1.54) is 0 Å². The molecule has 2 N–H and O–H groups in total. The van der Waals surface area contributed by atoms with Gasteiger partial charge in [-0.1, -0.05) is 0 Å². The predicted molar refractivity (Wildman–Crippen MR) is 89.6 cm³/mol. The Balaban J connectivity index is 2.26. The van der Waals surface area contributed by atoms with Crippen LogP contribution in [0.3, 0.4) is 0 Å². The third-order valence-electron chi connectivity index (χ3n) is 3.90. The number of hydrogen-bond donors (Lipinski definition) is 2. The van der Waals surface area contributed by atoms with Crippen LogP contribution >= 0.6 is 0 Å². The Labute approximate surface area is 135 Å². The van der Waals surface area contributed by atoms with Crippen LogP contribution in [0, 0.1) is 0 Å². The van der Waals surface area contributed by atoms with Crippen LogP contribution in [-0.4, -0.2) is 46.9 Å². The van der Waals surface area contributed by atoms with Crippen molar-refractivity contribution in [3.63, 3.8) is 0 Å². The standard InChI is InChI=1S/C17H33N3O2/c1-16(2,3)19-15(22)8-7-14(21)18-13-9-11-20(12-10-13)17(4,5)6/h13H,7-12H2,1-6H3,(H,18,21)(H,19,22). The Morgan fingerprint density at radius 1 is 0.955 bits per heavy atom. The normalized spacial score (nSPS) is 18.1. The molecule has 0 saturated carbocycles. The number of likely N-dealkylation sites (tertiary alicyclic amines) is 1. The number of piperidine rings is 1. The van der Waals surface area contributed by atoms with Gasteiger partial charge in [0.15, 0.2) is 0 Å². The quantitative estimate of drug-likeness (QED) is 0.835. The molecule has 1 aliphatic heterocycles. The predicted octanol–water partition coefficient (Wildman–Crippen LogP) is 2.06. The van der Waals surface area contributed by atoms with Gasteiger partial charge in [-0.2, -0.15) is 0 Å². The van der Waals surface area contributed by atoms with Gasteiger partial charge < -0.3 is 10.6 Å². The Hall–Kier alpha value is -1.10. The minimum absolute atomic E-state index is 0.0155. The van der Waals surface area contributed by atoms with E-state index in [2.05, 4.69) is 36.3 Å². The van der Waals surface area contributed by atoms with Crippen LogP contribution in [0.15, 0.2) is 0 Å². The summed E-state index contributed by atoms with van der Waals surface area (Å²) in [6, 6.07) is 0.247. The molecule has 0 aromatic rings. The molecule has 2 amide bonds. The van der Waals surface area contributed by atoms with Gasteiger partial charge in [-0.15, -0.1) is 0 Å². The molecule has 0 atom stereocenters. The highest BCUT2D eigenvalue weighted by Crippen LogP contribution is 2.20. The molecular weight excluding hydrogens is 278 g/mol. The molecule has 1 fully saturated rings. The maximum absolute atomic E-state index is 12.0. The summed E-state index contributed by atoms with van der Waals surface area (Å²) in [5.41, 5.74) is -0.0482. The van der Waals surface area contributed by atoms with Gasteiger partial charge >= 0.3 is 0 Å². The number of carbonyl (C=O) groups is 2. The lowest BCUT2D eigenvalue weighted by atomic mass is 9.98. The van der Waals surface area contributed by atoms with Crippen LogP contribution in [0.2, 0.25) is 0 Å². The molecular formula is C17H33N3O2. The molecule has 1 aliphatic rings. The van der Waals surface area contributed by atoms with E-state index in [0.29, 0.717) is 0 Å². The van der Waals surface area contributed by atoms with Crippen molar-refractivity contribution in [2.75, 3.05) is 13.1 Å². The third kappa shape index (κ3) is 7.25. The molecule has 0 aromatic heterocycles. The lowest BCUT2D eigenvalue weighted by Crippen LogP contribution is -2.51. The molecule has 0 bridgehead atoms. The summed E-state index contributed by atoms with van der Waals surface area (Å²) in [6.45, 7) is 14.5. The van der Waals surface area contributed by atoms with Crippen LogP contribution in [0.4, 0.5) is 0 Å². The molecule has 0 aliphatic carbocycles. The van der Waals surface area contributed by atoms with E-state index in [0.717, 1.165) is 25.9 Å². The molecule has 5 heteroatoms. The van der Waals surface area contributed by atoms with E-state index >= 15 is 0 Å². The van der Waals surface area contributed by atoms with Crippen molar-refractivity contribution in [1.82, 2.24) is 15.5 Å². The summed E-state index contributed by atoms with van der Waals surface area (Å²) in [4.78, 5) is 26.1. The molecule has 0 unspecified atom stereocenters. The molecule has 22 heavy (non-hydrogen) atoms. The number of nitrogens with one attached hydrogen (secondary N) is 2. The van der Waals surface area contributed by atoms with E-state index in [1.807, 2.05) is 20.8 Å². The smallest absolute Gasteiger partial charge is 0.220 e. The fraction of sp³-hybridized carbons (Fsp3) is 0.882. The molecule has 1 heterocycles. The van der Waals surface area contributed by atoms with Gasteiger partial charge in [-0.25, -0.2) is 0 Å². The van der Waals surface area contributed by atoms with Crippen molar-refractivity contribution in [1.29, 1.82) is 0 Å². The number of hydrogen-bond acceptors (Lipinski definition) is 3. The van der Waals surface area contributed by atoms with Crippen molar-refractivity contribution >= 4 is 11.8 Å². The summed E-state index contributed by atoms with van der Waals surface area (Å²) >= 11 is 0. The Bertz CT molecular complexity index is 386. The second kappa shape index (κ2) is 7.44. The van der Waals surface area contributed by atoms with Crippen molar-refractivity contribution < 1.29 is 9.59 Å². The second-order valence-corrected chi connectivity index (χ2v) is 8.30. The number of rotatable bonds is 4. The Morgan fingerprint density at radius 3 is 1.91 bits per heavy atom. The first-order valence-electron chi connectivity index (χ1n) is 8.33. The van der Waals surface area contributed by atoms with Crippen molar-refractivity contribution in [2.24, 2.45) is 0 Å². The van der Waals surface area contributed by atoms with E-state index in [9.17, 15) is 9.59 Å². The fourth-order valence-corrected chi connectivity index (χ4v) is 2.70. The minimum Gasteiger partial charge on any atom is -0.353 e. The molecule has 5 nitrogen and oxygen atoms in total. The SMILES string of the molecule is CC(C)(C)NC(=O)CCC(=O)NC1CCN(C(C)(C)C)CC1. The highest BCUT2D eigenvalue weighted by atomic mass is 16.2. The van der Waals surface area contributed by atoms with Gasteiger partial charge in [0.1, 0.15) is 0 Å². The average Bonchev–Trinajstić information content (AvgIpc) is 2.34. The summed E-state index contributed by atoms with van der Waals surface area (Å²) in [6.07, 6.45) is 2.49. The zero-order chi connectivity index (χ0) is 17.0. The zero-order valence-corrected chi connectivity index (χ0v) is 15.1. The summed E-state index contributed by atoms with van der Waals surface area (Å²) < 4.78 is 0. The molecule has 0 aromatic carbocycles. The Morgan fingerprint density at radius 2 is 1.45 bits per heavy atom. The Kier molecular flexibility index (Phi) is 6.41. The van der Waals surface area contributed by atoms with Crippen molar-refractivity contribution in [3.05, 3.63) is 0 Å². The van der Waals surface area contributed by atoms with E-state index < -0.39 is 0 Å². The summed E-state index contributed by atoms with van der Waals surface area (Å²) in [7, 11) is 0. The first-order valence-corrected chi connectivity index (χ1v) is 8.33. The van der Waals surface area contributed by atoms with Gasteiger partial charge in [0.2, 0.25) is 11.8 Å². The van der Waals surface area contributed by atoms with Gasteiger partial charge in [0.25, 0.3) is 0 Å². The van der Waals surface area contributed by atoms with Gasteiger partial charge in [0, 0.05) is 43.1 Å². The zero-order valence-electron chi connectivity index (χ0n) is 15.1. The first-order chi connectivity index (χ1) is 9.97. The van der Waals surface area contributed by atoms with Crippen LogP contribution in [0.1, 0.15) is 67.2 Å². The van der Waals surface area contributed by atoms with E-state index in [-0.39, 0.29) is 41.8 Å².